The Morgan fingerprint density at radius 3 is 2.72 bits per heavy atom. The second kappa shape index (κ2) is 6.73. The Balaban J connectivity index is 0.00000162. The van der Waals surface area contributed by atoms with Crippen molar-refractivity contribution in [2.24, 2.45) is 5.73 Å². The van der Waals surface area contributed by atoms with E-state index in [0.29, 0.717) is 11.6 Å². The summed E-state index contributed by atoms with van der Waals surface area (Å²) in [5.41, 5.74) is 6.38. The maximum Gasteiger partial charge on any atom is 0.148 e. The van der Waals surface area contributed by atoms with Gasteiger partial charge in [-0.3, -0.25) is 0 Å². The molecule has 6 heteroatoms. The van der Waals surface area contributed by atoms with E-state index in [0.717, 1.165) is 30.2 Å². The number of para-hydroxylation sites is 1. The Labute approximate surface area is 118 Å². The predicted octanol–water partition coefficient (Wildman–Crippen LogP) is 2.54. The van der Waals surface area contributed by atoms with Crippen LogP contribution in [0.2, 0.25) is 5.02 Å². The molecule has 0 spiro atoms. The first-order valence-electron chi connectivity index (χ1n) is 5.60. The van der Waals surface area contributed by atoms with Gasteiger partial charge < -0.3 is 5.73 Å². The van der Waals surface area contributed by atoms with Crippen LogP contribution in [0.5, 0.6) is 0 Å². The summed E-state index contributed by atoms with van der Waals surface area (Å²) in [5.74, 6) is 1.65. The van der Waals surface area contributed by atoms with Crippen molar-refractivity contribution in [2.75, 3.05) is 6.54 Å². The van der Waals surface area contributed by atoms with E-state index in [1.165, 1.54) is 0 Å². The van der Waals surface area contributed by atoms with E-state index in [4.69, 9.17) is 17.3 Å². The van der Waals surface area contributed by atoms with Gasteiger partial charge >= 0.3 is 0 Å². The second-order valence-electron chi connectivity index (χ2n) is 3.83. The van der Waals surface area contributed by atoms with Crippen LogP contribution in [0.25, 0.3) is 5.69 Å². The van der Waals surface area contributed by atoms with E-state index in [9.17, 15) is 0 Å². The molecule has 0 atom stereocenters. The standard InChI is InChI=1S/C12H15ClN4.ClH/c1-9-15-12(7-4-8-14)17(16-9)11-6-3-2-5-10(11)13;/h2-3,5-6H,4,7-8,14H2,1H3;1H. The zero-order chi connectivity index (χ0) is 12.3. The number of rotatable bonds is 4. The molecule has 0 unspecified atom stereocenters. The van der Waals surface area contributed by atoms with E-state index in [2.05, 4.69) is 10.1 Å². The lowest BCUT2D eigenvalue weighted by Crippen LogP contribution is -2.07. The van der Waals surface area contributed by atoms with E-state index in [1.807, 2.05) is 31.2 Å². The molecular weight excluding hydrogens is 271 g/mol. The molecule has 0 saturated heterocycles. The zero-order valence-electron chi connectivity index (χ0n) is 10.1. The summed E-state index contributed by atoms with van der Waals surface area (Å²) >= 11 is 6.16. The van der Waals surface area contributed by atoms with Gasteiger partial charge in [-0.05, 0) is 32.0 Å². The fourth-order valence-electron chi connectivity index (χ4n) is 1.70. The molecular formula is C12H16Cl2N4. The Morgan fingerprint density at radius 1 is 1.33 bits per heavy atom. The number of benzene rings is 1. The van der Waals surface area contributed by atoms with Crippen LogP contribution in [0, 0.1) is 6.92 Å². The van der Waals surface area contributed by atoms with Gasteiger partial charge in [-0.25, -0.2) is 9.67 Å². The molecule has 2 N–H and O–H groups in total. The number of nitrogens with two attached hydrogens (primary N) is 1. The molecule has 0 bridgehead atoms. The molecule has 1 aromatic carbocycles. The van der Waals surface area contributed by atoms with E-state index >= 15 is 0 Å². The highest BCUT2D eigenvalue weighted by atomic mass is 35.5. The lowest BCUT2D eigenvalue weighted by molar-refractivity contribution is 0.732. The minimum Gasteiger partial charge on any atom is -0.330 e. The number of aryl methyl sites for hydroxylation is 2. The van der Waals surface area contributed by atoms with Crippen LogP contribution >= 0.6 is 24.0 Å². The highest BCUT2D eigenvalue weighted by molar-refractivity contribution is 6.32. The van der Waals surface area contributed by atoms with Crippen LogP contribution in [0.4, 0.5) is 0 Å². The summed E-state index contributed by atoms with van der Waals surface area (Å²) in [6.07, 6.45) is 1.70. The van der Waals surface area contributed by atoms with Crippen LogP contribution in [0.1, 0.15) is 18.1 Å². The normalized spacial score (nSPS) is 10.2. The third kappa shape index (κ3) is 3.22. The molecule has 1 aromatic heterocycles. The van der Waals surface area contributed by atoms with Crippen molar-refractivity contribution >= 4 is 24.0 Å². The predicted molar refractivity (Wildman–Crippen MR) is 75.7 cm³/mol. The van der Waals surface area contributed by atoms with Crippen LogP contribution in [0.3, 0.4) is 0 Å². The van der Waals surface area contributed by atoms with Gasteiger partial charge in [0.05, 0.1) is 10.7 Å². The maximum absolute atomic E-state index is 6.16. The SMILES string of the molecule is Cc1nc(CCCN)n(-c2ccccc2Cl)n1.Cl. The molecule has 0 fully saturated rings. The first-order chi connectivity index (χ1) is 8.22. The van der Waals surface area contributed by atoms with Gasteiger partial charge in [0.2, 0.25) is 0 Å². The lowest BCUT2D eigenvalue weighted by atomic mass is 10.2. The first kappa shape index (κ1) is 15.0. The third-order valence-electron chi connectivity index (χ3n) is 2.47. The Morgan fingerprint density at radius 2 is 2.06 bits per heavy atom. The smallest absolute Gasteiger partial charge is 0.148 e. The van der Waals surface area contributed by atoms with Crippen LogP contribution in [-0.4, -0.2) is 21.3 Å². The average Bonchev–Trinajstić information content (AvgIpc) is 2.68. The molecule has 2 rings (SSSR count). The molecule has 0 amide bonds. The van der Waals surface area contributed by atoms with Crippen LogP contribution in [0.15, 0.2) is 24.3 Å². The maximum atomic E-state index is 6.16. The summed E-state index contributed by atoms with van der Waals surface area (Å²) in [6, 6.07) is 7.61. The first-order valence-corrected chi connectivity index (χ1v) is 5.97. The molecule has 1 heterocycles. The molecule has 2 aromatic rings. The minimum absolute atomic E-state index is 0. The van der Waals surface area contributed by atoms with Crippen LogP contribution in [-0.2, 0) is 6.42 Å². The molecule has 0 aliphatic rings. The lowest BCUT2D eigenvalue weighted by Gasteiger charge is -2.06. The number of hydrogen-bond donors (Lipinski definition) is 1. The fraction of sp³-hybridized carbons (Fsp3) is 0.333. The van der Waals surface area contributed by atoms with Crippen molar-refractivity contribution in [1.29, 1.82) is 0 Å². The van der Waals surface area contributed by atoms with E-state index in [1.54, 1.807) is 4.68 Å². The van der Waals surface area contributed by atoms with Gasteiger partial charge in [-0.15, -0.1) is 12.4 Å². The summed E-state index contributed by atoms with van der Waals surface area (Å²) in [6.45, 7) is 2.52. The number of halogens is 2. The van der Waals surface area contributed by atoms with Crippen molar-refractivity contribution in [3.63, 3.8) is 0 Å². The monoisotopic (exact) mass is 286 g/mol. The molecule has 4 nitrogen and oxygen atoms in total. The van der Waals surface area contributed by atoms with Gasteiger partial charge in [0.1, 0.15) is 11.6 Å². The van der Waals surface area contributed by atoms with Gasteiger partial charge in [0.25, 0.3) is 0 Å². The Hall–Kier alpha value is -1.10. The quantitative estimate of drug-likeness (QED) is 0.940. The molecule has 0 radical (unpaired) electrons. The topological polar surface area (TPSA) is 56.7 Å². The molecule has 0 aliphatic carbocycles. The molecule has 0 saturated carbocycles. The summed E-state index contributed by atoms with van der Waals surface area (Å²) < 4.78 is 1.80. The largest absolute Gasteiger partial charge is 0.330 e. The second-order valence-corrected chi connectivity index (χ2v) is 4.24. The highest BCUT2D eigenvalue weighted by Gasteiger charge is 2.11. The highest BCUT2D eigenvalue weighted by Crippen LogP contribution is 2.20. The Kier molecular flexibility index (Phi) is 5.59. The summed E-state index contributed by atoms with van der Waals surface area (Å²) in [4.78, 5) is 4.40. The van der Waals surface area contributed by atoms with Crippen molar-refractivity contribution in [2.45, 2.75) is 19.8 Å². The Bertz CT molecular complexity index is 511. The number of nitrogens with zero attached hydrogens (tertiary/aromatic N) is 3. The third-order valence-corrected chi connectivity index (χ3v) is 2.78. The fourth-order valence-corrected chi connectivity index (χ4v) is 1.91. The number of hydrogen-bond acceptors (Lipinski definition) is 3. The van der Waals surface area contributed by atoms with Crippen molar-refractivity contribution in [3.8, 4) is 5.69 Å². The molecule has 0 aliphatic heterocycles. The van der Waals surface area contributed by atoms with Crippen LogP contribution < -0.4 is 5.73 Å². The minimum atomic E-state index is 0. The molecule has 18 heavy (non-hydrogen) atoms. The summed E-state index contributed by atoms with van der Waals surface area (Å²) in [5, 5.41) is 5.05. The van der Waals surface area contributed by atoms with Gasteiger partial charge in [0.15, 0.2) is 0 Å². The van der Waals surface area contributed by atoms with E-state index < -0.39 is 0 Å². The van der Waals surface area contributed by atoms with Crippen molar-refractivity contribution < 1.29 is 0 Å². The average molecular weight is 287 g/mol. The van der Waals surface area contributed by atoms with Gasteiger partial charge in [-0.2, -0.15) is 5.10 Å². The van der Waals surface area contributed by atoms with Crippen molar-refractivity contribution in [3.05, 3.63) is 40.9 Å². The molecule has 98 valence electrons. The summed E-state index contributed by atoms with van der Waals surface area (Å²) in [7, 11) is 0. The van der Waals surface area contributed by atoms with Crippen molar-refractivity contribution in [1.82, 2.24) is 14.8 Å². The van der Waals surface area contributed by atoms with Gasteiger partial charge in [-0.1, -0.05) is 23.7 Å². The zero-order valence-corrected chi connectivity index (χ0v) is 11.7. The van der Waals surface area contributed by atoms with E-state index in [-0.39, 0.29) is 12.4 Å². The van der Waals surface area contributed by atoms with Gasteiger partial charge in [0, 0.05) is 6.42 Å². The number of aromatic nitrogens is 3.